The number of aromatic nitrogens is 1. The quantitative estimate of drug-likeness (QED) is 0.868. The fourth-order valence-corrected chi connectivity index (χ4v) is 2.03. The molecule has 1 aliphatic rings. The molecule has 2 heterocycles. The first-order valence-electron chi connectivity index (χ1n) is 6.21. The van der Waals surface area contributed by atoms with Gasteiger partial charge in [0.15, 0.2) is 0 Å². The Hall–Kier alpha value is -1.13. The van der Waals surface area contributed by atoms with E-state index in [0.717, 1.165) is 31.8 Å². The lowest BCUT2D eigenvalue weighted by molar-refractivity contribution is 0.0384. The van der Waals surface area contributed by atoms with Gasteiger partial charge in [-0.2, -0.15) is 0 Å². The Kier molecular flexibility index (Phi) is 3.97. The van der Waals surface area contributed by atoms with E-state index in [9.17, 15) is 5.11 Å². The number of hydrogen-bond acceptors (Lipinski definition) is 4. The van der Waals surface area contributed by atoms with Crippen molar-refractivity contribution in [3.8, 4) is 0 Å². The van der Waals surface area contributed by atoms with Crippen LogP contribution in [0.15, 0.2) is 18.3 Å². The fourth-order valence-electron chi connectivity index (χ4n) is 2.03. The first-order chi connectivity index (χ1) is 8.20. The Bertz CT molecular complexity index is 351. The number of ether oxygens (including phenoxy) is 1. The number of hydrogen-bond donors (Lipinski definition) is 1. The maximum Gasteiger partial charge on any atom is 0.0931 e. The molecule has 0 spiro atoms. The van der Waals surface area contributed by atoms with Gasteiger partial charge in [0, 0.05) is 13.1 Å². The highest BCUT2D eigenvalue weighted by molar-refractivity contribution is 5.45. The van der Waals surface area contributed by atoms with Gasteiger partial charge in [0.2, 0.25) is 0 Å². The molecule has 2 rings (SSSR count). The highest BCUT2D eigenvalue weighted by Crippen LogP contribution is 2.19. The van der Waals surface area contributed by atoms with Gasteiger partial charge in [-0.3, -0.25) is 4.98 Å². The Labute approximate surface area is 102 Å². The molecule has 0 amide bonds. The summed E-state index contributed by atoms with van der Waals surface area (Å²) in [7, 11) is 0. The summed E-state index contributed by atoms with van der Waals surface area (Å²) in [6, 6.07) is 3.91. The Morgan fingerprint density at radius 2 is 2.41 bits per heavy atom. The van der Waals surface area contributed by atoms with E-state index in [4.69, 9.17) is 4.74 Å². The highest BCUT2D eigenvalue weighted by Gasteiger charge is 2.19. The molecular formula is C13H20N2O2. The zero-order valence-electron chi connectivity index (χ0n) is 10.5. The molecule has 17 heavy (non-hydrogen) atoms. The third-order valence-corrected chi connectivity index (χ3v) is 3.16. The van der Waals surface area contributed by atoms with E-state index in [1.807, 2.05) is 18.3 Å². The van der Waals surface area contributed by atoms with Crippen LogP contribution in [0.25, 0.3) is 0 Å². The van der Waals surface area contributed by atoms with E-state index in [-0.39, 0.29) is 0 Å². The van der Waals surface area contributed by atoms with Crippen LogP contribution in [-0.2, 0) is 4.74 Å². The summed E-state index contributed by atoms with van der Waals surface area (Å²) >= 11 is 0. The average molecular weight is 236 g/mol. The topological polar surface area (TPSA) is 45.6 Å². The summed E-state index contributed by atoms with van der Waals surface area (Å²) in [5.74, 6) is 0. The molecule has 1 aromatic rings. The summed E-state index contributed by atoms with van der Waals surface area (Å²) in [5.41, 5.74) is 1.82. The van der Waals surface area contributed by atoms with E-state index in [1.54, 1.807) is 6.92 Å². The minimum Gasteiger partial charge on any atom is -0.387 e. The van der Waals surface area contributed by atoms with Crippen LogP contribution in [-0.4, -0.2) is 35.9 Å². The molecule has 0 aliphatic carbocycles. The third kappa shape index (κ3) is 2.96. The number of pyridine rings is 1. The van der Waals surface area contributed by atoms with Crippen LogP contribution in [0, 0.1) is 0 Å². The van der Waals surface area contributed by atoms with Crippen molar-refractivity contribution >= 4 is 5.69 Å². The summed E-state index contributed by atoms with van der Waals surface area (Å²) in [6.45, 7) is 6.47. The van der Waals surface area contributed by atoms with Gasteiger partial charge in [-0.25, -0.2) is 0 Å². The molecule has 1 N–H and O–H groups in total. The number of rotatable bonds is 3. The van der Waals surface area contributed by atoms with Crippen molar-refractivity contribution in [2.24, 2.45) is 0 Å². The molecule has 0 saturated carbocycles. The van der Waals surface area contributed by atoms with Crippen molar-refractivity contribution in [1.82, 2.24) is 4.98 Å². The van der Waals surface area contributed by atoms with Gasteiger partial charge in [-0.05, 0) is 25.5 Å². The van der Waals surface area contributed by atoms with Crippen LogP contribution in [0.1, 0.15) is 32.1 Å². The van der Waals surface area contributed by atoms with E-state index in [0.29, 0.717) is 11.8 Å². The van der Waals surface area contributed by atoms with Gasteiger partial charge in [0.05, 0.1) is 36.4 Å². The number of morpholine rings is 1. The standard InChI is InChI=1S/C13H20N2O2/c1-3-12-9-15(6-7-17-12)11-4-5-13(10(2)16)14-8-11/h4-5,8,10,12,16H,3,6-7,9H2,1-2H3. The van der Waals surface area contributed by atoms with Crippen LogP contribution in [0.5, 0.6) is 0 Å². The number of anilines is 1. The van der Waals surface area contributed by atoms with E-state index in [2.05, 4.69) is 16.8 Å². The maximum atomic E-state index is 9.41. The third-order valence-electron chi connectivity index (χ3n) is 3.16. The zero-order valence-corrected chi connectivity index (χ0v) is 10.5. The molecule has 0 aromatic carbocycles. The lowest BCUT2D eigenvalue weighted by atomic mass is 10.2. The second-order valence-corrected chi connectivity index (χ2v) is 4.46. The van der Waals surface area contributed by atoms with Crippen molar-refractivity contribution in [2.75, 3.05) is 24.6 Å². The van der Waals surface area contributed by atoms with Crippen LogP contribution in [0.3, 0.4) is 0 Å². The fraction of sp³-hybridized carbons (Fsp3) is 0.615. The summed E-state index contributed by atoms with van der Waals surface area (Å²) in [6.07, 6.45) is 2.69. The van der Waals surface area contributed by atoms with Crippen LogP contribution < -0.4 is 4.90 Å². The van der Waals surface area contributed by atoms with Crippen LogP contribution in [0.4, 0.5) is 5.69 Å². The molecule has 1 saturated heterocycles. The van der Waals surface area contributed by atoms with Crippen molar-refractivity contribution in [1.29, 1.82) is 0 Å². The normalized spacial score (nSPS) is 22.5. The lowest BCUT2D eigenvalue weighted by Gasteiger charge is -2.34. The second kappa shape index (κ2) is 5.47. The predicted molar refractivity (Wildman–Crippen MR) is 67.1 cm³/mol. The van der Waals surface area contributed by atoms with E-state index < -0.39 is 6.10 Å². The van der Waals surface area contributed by atoms with Crippen molar-refractivity contribution in [3.05, 3.63) is 24.0 Å². The van der Waals surface area contributed by atoms with Crippen LogP contribution in [0.2, 0.25) is 0 Å². The van der Waals surface area contributed by atoms with Crippen molar-refractivity contribution in [3.63, 3.8) is 0 Å². The number of aliphatic hydroxyl groups excluding tert-OH is 1. The molecule has 4 nitrogen and oxygen atoms in total. The van der Waals surface area contributed by atoms with Gasteiger partial charge < -0.3 is 14.7 Å². The van der Waals surface area contributed by atoms with Gasteiger partial charge in [-0.15, -0.1) is 0 Å². The van der Waals surface area contributed by atoms with E-state index in [1.165, 1.54) is 0 Å². The first kappa shape index (κ1) is 12.3. The molecule has 2 atom stereocenters. The Balaban J connectivity index is 2.06. The summed E-state index contributed by atoms with van der Waals surface area (Å²) in [4.78, 5) is 6.56. The largest absolute Gasteiger partial charge is 0.387 e. The van der Waals surface area contributed by atoms with Crippen molar-refractivity contribution in [2.45, 2.75) is 32.5 Å². The van der Waals surface area contributed by atoms with E-state index >= 15 is 0 Å². The monoisotopic (exact) mass is 236 g/mol. The smallest absolute Gasteiger partial charge is 0.0931 e. The Morgan fingerprint density at radius 1 is 1.59 bits per heavy atom. The lowest BCUT2D eigenvalue weighted by Crippen LogP contribution is -2.42. The molecule has 0 radical (unpaired) electrons. The van der Waals surface area contributed by atoms with Crippen molar-refractivity contribution < 1.29 is 9.84 Å². The maximum absolute atomic E-state index is 9.41. The highest BCUT2D eigenvalue weighted by atomic mass is 16.5. The molecular weight excluding hydrogens is 216 g/mol. The second-order valence-electron chi connectivity index (χ2n) is 4.46. The molecule has 1 aromatic heterocycles. The molecule has 1 aliphatic heterocycles. The SMILES string of the molecule is CCC1CN(c2ccc(C(C)O)nc2)CCO1. The molecule has 94 valence electrons. The first-order valence-corrected chi connectivity index (χ1v) is 6.21. The summed E-state index contributed by atoms with van der Waals surface area (Å²) < 4.78 is 5.64. The van der Waals surface area contributed by atoms with Gasteiger partial charge in [0.25, 0.3) is 0 Å². The van der Waals surface area contributed by atoms with Crippen LogP contribution >= 0.6 is 0 Å². The average Bonchev–Trinajstić information content (AvgIpc) is 2.39. The van der Waals surface area contributed by atoms with Gasteiger partial charge >= 0.3 is 0 Å². The zero-order chi connectivity index (χ0) is 12.3. The molecule has 2 unspecified atom stereocenters. The molecule has 1 fully saturated rings. The summed E-state index contributed by atoms with van der Waals surface area (Å²) in [5, 5.41) is 9.41. The van der Waals surface area contributed by atoms with Gasteiger partial charge in [0.1, 0.15) is 0 Å². The minimum atomic E-state index is -0.503. The number of aliphatic hydroxyl groups is 1. The molecule has 0 bridgehead atoms. The van der Waals surface area contributed by atoms with Gasteiger partial charge in [-0.1, -0.05) is 6.92 Å². The predicted octanol–water partition coefficient (Wildman–Crippen LogP) is 1.75. The number of nitrogens with zero attached hydrogens (tertiary/aromatic N) is 2. The minimum absolute atomic E-state index is 0.320. The Morgan fingerprint density at radius 3 is 3.00 bits per heavy atom. The molecule has 4 heteroatoms.